The molecule has 0 saturated heterocycles. The number of rotatable bonds is 5. The smallest absolute Gasteiger partial charge is 0.217 e. The summed E-state index contributed by atoms with van der Waals surface area (Å²) in [6, 6.07) is 5.49. The number of aliphatic imine (C=N–C) groups is 1. The van der Waals surface area contributed by atoms with E-state index < -0.39 is 0 Å². The molecule has 0 unspecified atom stereocenters. The summed E-state index contributed by atoms with van der Waals surface area (Å²) in [7, 11) is 3.78. The lowest BCUT2D eigenvalue weighted by molar-refractivity contribution is 0.476. The second kappa shape index (κ2) is 9.94. The van der Waals surface area contributed by atoms with Crippen LogP contribution < -0.4 is 4.90 Å². The second-order valence-corrected chi connectivity index (χ2v) is 9.34. The zero-order valence-electron chi connectivity index (χ0n) is 19.9. The molecule has 0 aliphatic rings. The van der Waals surface area contributed by atoms with E-state index in [2.05, 4.69) is 35.0 Å². The van der Waals surface area contributed by atoms with E-state index in [1.165, 1.54) is 5.56 Å². The molecule has 0 aliphatic carbocycles. The minimum Gasteiger partial charge on any atom is -0.339 e. The maximum Gasteiger partial charge on any atom is 0.217 e. The molecule has 33 heavy (non-hydrogen) atoms. The van der Waals surface area contributed by atoms with Crippen molar-refractivity contribution < 1.29 is 0 Å². The number of nitriles is 1. The molecule has 3 aromatic heterocycles. The van der Waals surface area contributed by atoms with Crippen molar-refractivity contribution in [2.75, 3.05) is 11.9 Å². The third kappa shape index (κ3) is 5.21. The van der Waals surface area contributed by atoms with Gasteiger partial charge in [0.2, 0.25) is 12.2 Å². The molecule has 0 aliphatic heterocycles. The normalized spacial score (nSPS) is 12.0. The number of guanidine groups is 1. The Morgan fingerprint density at radius 3 is 2.33 bits per heavy atom. The Morgan fingerprint density at radius 2 is 1.79 bits per heavy atom. The lowest BCUT2D eigenvalue weighted by Gasteiger charge is -2.34. The summed E-state index contributed by atoms with van der Waals surface area (Å²) >= 11 is 12.3. The molecule has 3 aromatic rings. The molecule has 8 nitrogen and oxygen atoms in total. The van der Waals surface area contributed by atoms with Crippen LogP contribution in [0, 0.1) is 18.4 Å². The van der Waals surface area contributed by atoms with Gasteiger partial charge in [-0.25, -0.2) is 9.97 Å². The molecule has 174 valence electrons. The molecule has 0 spiro atoms. The van der Waals surface area contributed by atoms with Crippen LogP contribution in [0.3, 0.4) is 0 Å². The van der Waals surface area contributed by atoms with Gasteiger partial charge in [-0.3, -0.25) is 4.68 Å². The number of aryl methyl sites for hydroxylation is 2. The van der Waals surface area contributed by atoms with Crippen LogP contribution in [0.4, 0.5) is 5.69 Å². The number of pyridine rings is 2. The van der Waals surface area contributed by atoms with E-state index in [9.17, 15) is 5.26 Å². The molecule has 0 radical (unpaired) electrons. The maximum absolute atomic E-state index is 9.45. The number of hydrogen-bond donors (Lipinski definition) is 0. The highest BCUT2D eigenvalue weighted by molar-refractivity contribution is 6.33. The molecule has 3 rings (SSSR count). The summed E-state index contributed by atoms with van der Waals surface area (Å²) in [6.45, 7) is 10.8. The highest BCUT2D eigenvalue weighted by Crippen LogP contribution is 2.29. The first kappa shape index (κ1) is 24.7. The van der Waals surface area contributed by atoms with E-state index in [4.69, 9.17) is 28.2 Å². The van der Waals surface area contributed by atoms with Crippen LogP contribution in [-0.2, 0) is 13.6 Å². The van der Waals surface area contributed by atoms with Gasteiger partial charge in [0.15, 0.2) is 5.65 Å². The van der Waals surface area contributed by atoms with E-state index >= 15 is 0 Å². The minimum atomic E-state index is -0.0320. The van der Waals surface area contributed by atoms with Crippen LogP contribution in [0.15, 0.2) is 23.2 Å². The lowest BCUT2D eigenvalue weighted by Crippen LogP contribution is -2.46. The average Bonchev–Trinajstić information content (AvgIpc) is 2.99. The maximum atomic E-state index is 9.45. The van der Waals surface area contributed by atoms with Gasteiger partial charge in [-0.05, 0) is 50.5 Å². The predicted molar refractivity (Wildman–Crippen MR) is 134 cm³/mol. The lowest BCUT2D eigenvalue weighted by atomic mass is 9.99. The molecule has 0 N–H and O–H groups in total. The van der Waals surface area contributed by atoms with Crippen molar-refractivity contribution in [2.24, 2.45) is 12.0 Å². The summed E-state index contributed by atoms with van der Waals surface area (Å²) in [5.74, 6) is 0.767. The number of anilines is 1. The van der Waals surface area contributed by atoms with E-state index in [1.807, 2.05) is 55.5 Å². The first-order chi connectivity index (χ1) is 15.5. The van der Waals surface area contributed by atoms with Crippen LogP contribution in [-0.4, -0.2) is 43.7 Å². The highest BCUT2D eigenvalue weighted by Gasteiger charge is 2.24. The van der Waals surface area contributed by atoms with E-state index in [-0.39, 0.29) is 16.3 Å². The van der Waals surface area contributed by atoms with Crippen LogP contribution >= 0.6 is 23.2 Å². The van der Waals surface area contributed by atoms with Crippen LogP contribution in [0.2, 0.25) is 10.3 Å². The van der Waals surface area contributed by atoms with Crippen molar-refractivity contribution in [1.82, 2.24) is 24.6 Å². The van der Waals surface area contributed by atoms with Crippen molar-refractivity contribution in [3.63, 3.8) is 0 Å². The molecule has 0 aromatic carbocycles. The first-order valence-electron chi connectivity index (χ1n) is 10.7. The van der Waals surface area contributed by atoms with Crippen molar-refractivity contribution in [2.45, 2.75) is 53.1 Å². The fourth-order valence-corrected chi connectivity index (χ4v) is 4.43. The molecule has 3 heterocycles. The van der Waals surface area contributed by atoms with Gasteiger partial charge >= 0.3 is 0 Å². The van der Waals surface area contributed by atoms with Gasteiger partial charge in [-0.1, -0.05) is 37.0 Å². The van der Waals surface area contributed by atoms with Crippen molar-refractivity contribution in [3.05, 3.63) is 45.5 Å². The molecular weight excluding hydrogens is 459 g/mol. The molecule has 10 heteroatoms. The Morgan fingerprint density at radius 1 is 1.15 bits per heavy atom. The zero-order chi connectivity index (χ0) is 24.4. The van der Waals surface area contributed by atoms with Crippen molar-refractivity contribution >= 4 is 45.9 Å². The van der Waals surface area contributed by atoms with Gasteiger partial charge in [0, 0.05) is 25.5 Å². The standard InChI is InChI=1S/C23H28Cl2N8/c1-13(2)18-8-16(28-22-21(18)15(5)30-32(22)7)11-31(6)23(27-12-26)33(14(3)4)17-9-19(24)29-20(25)10-17/h8-10,13-14H,11H2,1-7H3. The van der Waals surface area contributed by atoms with Crippen LogP contribution in [0.25, 0.3) is 11.0 Å². The molecular formula is C23H28Cl2N8. The van der Waals surface area contributed by atoms with Gasteiger partial charge in [0.05, 0.1) is 23.6 Å². The minimum absolute atomic E-state index is 0.0320. The number of aromatic nitrogens is 4. The Bertz CT molecular complexity index is 1220. The Hall–Kier alpha value is -2.89. The van der Waals surface area contributed by atoms with E-state index in [1.54, 1.807) is 12.1 Å². The number of hydrogen-bond acceptors (Lipinski definition) is 5. The zero-order valence-corrected chi connectivity index (χ0v) is 21.4. The third-order valence-electron chi connectivity index (χ3n) is 5.32. The van der Waals surface area contributed by atoms with Gasteiger partial charge in [-0.2, -0.15) is 10.4 Å². The average molecular weight is 487 g/mol. The summed E-state index contributed by atoms with van der Waals surface area (Å²) in [5.41, 5.74) is 4.56. The molecule has 0 saturated carbocycles. The number of fused-ring (bicyclic) bond motifs is 1. The van der Waals surface area contributed by atoms with Crippen LogP contribution in [0.5, 0.6) is 0 Å². The van der Waals surface area contributed by atoms with E-state index in [0.29, 0.717) is 24.1 Å². The number of nitrogens with zero attached hydrogens (tertiary/aromatic N) is 8. The van der Waals surface area contributed by atoms with Crippen molar-refractivity contribution in [3.8, 4) is 6.19 Å². The van der Waals surface area contributed by atoms with Crippen molar-refractivity contribution in [1.29, 1.82) is 5.26 Å². The quantitative estimate of drug-likeness (QED) is 0.211. The Balaban J connectivity index is 2.05. The fraction of sp³-hybridized carbons (Fsp3) is 0.435. The molecule has 0 atom stereocenters. The highest BCUT2D eigenvalue weighted by atomic mass is 35.5. The SMILES string of the molecule is Cc1nn(C)c2nc(CN(C)C(=NC#N)N(c3cc(Cl)nc(Cl)c3)C(C)C)cc(C(C)C)c12. The van der Waals surface area contributed by atoms with Crippen LogP contribution in [0.1, 0.15) is 50.6 Å². The van der Waals surface area contributed by atoms with Gasteiger partial charge in [0.1, 0.15) is 10.3 Å². The fourth-order valence-electron chi connectivity index (χ4n) is 3.99. The predicted octanol–water partition coefficient (Wildman–Crippen LogP) is 5.29. The summed E-state index contributed by atoms with van der Waals surface area (Å²) < 4.78 is 1.81. The summed E-state index contributed by atoms with van der Waals surface area (Å²) in [6.07, 6.45) is 1.93. The Kier molecular flexibility index (Phi) is 7.45. The monoisotopic (exact) mass is 486 g/mol. The number of halogens is 2. The molecule has 0 amide bonds. The largest absolute Gasteiger partial charge is 0.339 e. The summed E-state index contributed by atoms with van der Waals surface area (Å²) in [5, 5.41) is 15.6. The second-order valence-electron chi connectivity index (χ2n) is 8.57. The third-order valence-corrected chi connectivity index (χ3v) is 5.71. The molecule has 0 fully saturated rings. The van der Waals surface area contributed by atoms with Gasteiger partial charge in [-0.15, -0.1) is 4.99 Å². The van der Waals surface area contributed by atoms with E-state index in [0.717, 1.165) is 22.4 Å². The molecule has 0 bridgehead atoms. The first-order valence-corrected chi connectivity index (χ1v) is 11.4. The van der Waals surface area contributed by atoms with Gasteiger partial charge in [0.25, 0.3) is 0 Å². The topological polar surface area (TPSA) is 86.2 Å². The summed E-state index contributed by atoms with van der Waals surface area (Å²) in [4.78, 5) is 16.8. The Labute approximate surface area is 204 Å². The van der Waals surface area contributed by atoms with Gasteiger partial charge < -0.3 is 9.80 Å².